The van der Waals surface area contributed by atoms with E-state index in [9.17, 15) is 9.90 Å². The van der Waals surface area contributed by atoms with Crippen molar-refractivity contribution in [3.05, 3.63) is 46.9 Å². The van der Waals surface area contributed by atoms with Gasteiger partial charge in [-0.05, 0) is 41.0 Å². The fourth-order valence-electron chi connectivity index (χ4n) is 3.49. The van der Waals surface area contributed by atoms with Crippen LogP contribution in [0.1, 0.15) is 87.2 Å². The predicted octanol–water partition coefficient (Wildman–Crippen LogP) is 3.16. The van der Waals surface area contributed by atoms with Gasteiger partial charge < -0.3 is 20.2 Å². The van der Waals surface area contributed by atoms with E-state index < -0.39 is 0 Å². The van der Waals surface area contributed by atoms with Gasteiger partial charge in [0.25, 0.3) is 5.91 Å². The molecule has 5 N–H and O–H groups in total. The molecule has 2 rings (SSSR count). The standard InChI is InChI=1S/C25H37N5O3S/c1-9-17(19-12-15(13-33-19)14(2)3)28-23(29-34)22(26)27-18-11-10-16(25(4,5)6)20(21(18)31)24(32)30(7)8/h10-14,17,31,34H,9H2,1-8H3,(H2,26,27)(H,28,29)/p+1/t17-/m1/s1. The first-order chi connectivity index (χ1) is 15.8. The number of furan rings is 1. The molecule has 0 radical (unpaired) electrons. The number of hydrogen-bond acceptors (Lipinski definition) is 5. The summed E-state index contributed by atoms with van der Waals surface area (Å²) in [6.07, 6.45) is 2.48. The lowest BCUT2D eigenvalue weighted by Gasteiger charge is -2.25. The number of phenols is 1. The topological polar surface area (TPSA) is 118 Å². The van der Waals surface area contributed by atoms with E-state index in [1.165, 1.54) is 4.90 Å². The number of rotatable bonds is 6. The molecule has 186 valence electrons. The van der Waals surface area contributed by atoms with Crippen LogP contribution in [0.3, 0.4) is 0 Å². The minimum absolute atomic E-state index is 0.0751. The van der Waals surface area contributed by atoms with Gasteiger partial charge >= 0.3 is 5.84 Å². The summed E-state index contributed by atoms with van der Waals surface area (Å²) in [6, 6.07) is 5.31. The molecular formula is C25H38N5O3S+. The second kappa shape index (κ2) is 11.0. The van der Waals surface area contributed by atoms with Crippen molar-refractivity contribution in [3.63, 3.8) is 0 Å². The highest BCUT2D eigenvalue weighted by atomic mass is 32.1. The highest BCUT2D eigenvalue weighted by Crippen LogP contribution is 2.38. The van der Waals surface area contributed by atoms with Crippen LogP contribution in [-0.2, 0) is 5.41 Å². The molecule has 1 amide bonds. The largest absolute Gasteiger partial charge is 0.505 e. The Morgan fingerprint density at radius 2 is 1.97 bits per heavy atom. The van der Waals surface area contributed by atoms with Gasteiger partial charge in [0.05, 0.1) is 11.8 Å². The molecule has 1 heterocycles. The molecule has 0 spiro atoms. The molecule has 0 unspecified atom stereocenters. The molecule has 0 saturated heterocycles. The number of phenolic OH excluding ortho intramolecular Hbond substituents is 1. The third kappa shape index (κ3) is 6.14. The Labute approximate surface area is 207 Å². The van der Waals surface area contributed by atoms with Gasteiger partial charge in [0.15, 0.2) is 11.8 Å². The van der Waals surface area contributed by atoms with Crippen LogP contribution in [0, 0.1) is 0 Å². The molecule has 0 aliphatic carbocycles. The molecular weight excluding hydrogens is 450 g/mol. The third-order valence-electron chi connectivity index (χ3n) is 5.57. The Hall–Kier alpha value is -2.94. The van der Waals surface area contributed by atoms with Gasteiger partial charge in [0.1, 0.15) is 11.4 Å². The van der Waals surface area contributed by atoms with E-state index in [0.717, 1.165) is 23.3 Å². The van der Waals surface area contributed by atoms with Crippen LogP contribution in [0.15, 0.2) is 33.9 Å². The number of amides is 1. The first-order valence-electron chi connectivity index (χ1n) is 11.4. The molecule has 0 fully saturated rings. The van der Waals surface area contributed by atoms with Crippen LogP contribution in [0.4, 0.5) is 5.69 Å². The molecule has 1 aromatic carbocycles. The Morgan fingerprint density at radius 3 is 2.44 bits per heavy atom. The van der Waals surface area contributed by atoms with Crippen molar-refractivity contribution in [2.24, 2.45) is 10.7 Å². The van der Waals surface area contributed by atoms with Crippen LogP contribution >= 0.6 is 12.8 Å². The maximum Gasteiger partial charge on any atom is 0.322 e. The number of nitrogens with zero attached hydrogens (tertiary/aromatic N) is 2. The highest BCUT2D eigenvalue weighted by molar-refractivity contribution is 7.78. The van der Waals surface area contributed by atoms with Crippen LogP contribution in [0.2, 0.25) is 0 Å². The normalized spacial score (nSPS) is 13.8. The molecule has 9 heteroatoms. The number of nitrogens with two attached hydrogens (primary N) is 1. The van der Waals surface area contributed by atoms with Crippen LogP contribution in [-0.4, -0.2) is 41.7 Å². The number of carbonyl (C=O) groups excluding carboxylic acids is 1. The number of carbonyl (C=O) groups is 1. The van der Waals surface area contributed by atoms with Gasteiger partial charge in [-0.15, -0.1) is 0 Å². The molecule has 1 aromatic heterocycles. The maximum atomic E-state index is 12.9. The number of nitrogens with one attached hydrogen (secondary N) is 2. The summed E-state index contributed by atoms with van der Waals surface area (Å²) in [5, 5.41) is 11.0. The summed E-state index contributed by atoms with van der Waals surface area (Å²) < 4.78 is 8.50. The van der Waals surface area contributed by atoms with Crippen molar-refractivity contribution in [2.45, 2.75) is 65.3 Å². The zero-order valence-corrected chi connectivity index (χ0v) is 22.2. The lowest BCUT2D eigenvalue weighted by atomic mass is 9.82. The van der Waals surface area contributed by atoms with E-state index in [-0.39, 0.29) is 40.2 Å². The van der Waals surface area contributed by atoms with E-state index in [1.54, 1.807) is 32.5 Å². The maximum absolute atomic E-state index is 12.9. The van der Waals surface area contributed by atoms with Gasteiger partial charge in [0, 0.05) is 26.9 Å². The summed E-state index contributed by atoms with van der Waals surface area (Å²) >= 11 is 4.18. The van der Waals surface area contributed by atoms with E-state index in [0.29, 0.717) is 11.8 Å². The smallest absolute Gasteiger partial charge is 0.322 e. The molecule has 0 aliphatic rings. The minimum Gasteiger partial charge on any atom is -0.505 e. The molecule has 0 aliphatic heterocycles. The quantitative estimate of drug-likeness (QED) is 0.243. The minimum atomic E-state index is -0.357. The van der Waals surface area contributed by atoms with Gasteiger partial charge in [-0.3, -0.25) is 9.79 Å². The summed E-state index contributed by atoms with van der Waals surface area (Å²) in [4.78, 5) is 22.0. The fraction of sp³-hybridized carbons (Fsp3) is 0.480. The Morgan fingerprint density at radius 1 is 1.32 bits per heavy atom. The van der Waals surface area contributed by atoms with Crippen molar-refractivity contribution in [1.29, 1.82) is 0 Å². The van der Waals surface area contributed by atoms with E-state index in [1.807, 2.05) is 33.8 Å². The third-order valence-corrected chi connectivity index (χ3v) is 5.79. The summed E-state index contributed by atoms with van der Waals surface area (Å²) in [5.74, 6) is 1.04. The molecule has 2 aromatic rings. The Kier molecular flexibility index (Phi) is 8.83. The Balaban J connectivity index is 2.53. The molecule has 1 atom stereocenters. The van der Waals surface area contributed by atoms with E-state index >= 15 is 0 Å². The van der Waals surface area contributed by atoms with Crippen molar-refractivity contribution in [1.82, 2.24) is 9.62 Å². The van der Waals surface area contributed by atoms with Gasteiger partial charge in [-0.25, -0.2) is 9.71 Å². The lowest BCUT2D eigenvalue weighted by Crippen LogP contribution is -2.79. The van der Waals surface area contributed by atoms with Gasteiger partial charge in [0.2, 0.25) is 5.84 Å². The molecule has 34 heavy (non-hydrogen) atoms. The second-order valence-electron chi connectivity index (χ2n) is 9.83. The number of amidine groups is 2. The number of aromatic hydroxyl groups is 1. The second-order valence-corrected chi connectivity index (χ2v) is 10.1. The first kappa shape index (κ1) is 27.3. The summed E-state index contributed by atoms with van der Waals surface area (Å²) in [6.45, 7) is 12.2. The number of aliphatic imine (C=N–C) groups is 1. The summed E-state index contributed by atoms with van der Waals surface area (Å²) in [5.41, 5.74) is 8.15. The zero-order chi connectivity index (χ0) is 25.8. The number of thiol groups is 1. The molecule has 0 saturated carbocycles. The average molecular weight is 489 g/mol. The van der Waals surface area contributed by atoms with E-state index in [2.05, 4.69) is 41.4 Å². The van der Waals surface area contributed by atoms with Crippen molar-refractivity contribution in [3.8, 4) is 5.75 Å². The first-order valence-corrected chi connectivity index (χ1v) is 11.8. The van der Waals surface area contributed by atoms with Crippen LogP contribution < -0.4 is 15.4 Å². The van der Waals surface area contributed by atoms with Crippen LogP contribution in [0.25, 0.3) is 0 Å². The zero-order valence-electron chi connectivity index (χ0n) is 21.4. The highest BCUT2D eigenvalue weighted by Gasteiger charge is 2.28. The summed E-state index contributed by atoms with van der Waals surface area (Å²) in [7, 11) is 3.28. The number of hydrogen-bond donors (Lipinski definition) is 5. The van der Waals surface area contributed by atoms with E-state index in [4.69, 9.17) is 10.2 Å². The average Bonchev–Trinajstić information content (AvgIpc) is 3.24. The molecule has 8 nitrogen and oxygen atoms in total. The van der Waals surface area contributed by atoms with Gasteiger partial charge in [-0.2, -0.15) is 0 Å². The van der Waals surface area contributed by atoms with Crippen molar-refractivity contribution < 1.29 is 19.3 Å². The van der Waals surface area contributed by atoms with Gasteiger partial charge in [-0.1, -0.05) is 47.6 Å². The Bertz CT molecular complexity index is 1080. The lowest BCUT2D eigenvalue weighted by molar-refractivity contribution is -0.513. The molecule has 0 bridgehead atoms. The SMILES string of the molecule is CC[C@@H]([NH+]=C(NS)C(N)=Nc1ccc(C(C)(C)C)c(C(=O)N(C)C)c1O)c1cc(C(C)C)co1. The van der Waals surface area contributed by atoms with Crippen LogP contribution in [0.5, 0.6) is 5.75 Å². The van der Waals surface area contributed by atoms with Crippen molar-refractivity contribution in [2.75, 3.05) is 14.1 Å². The fourth-order valence-corrected chi connectivity index (χ4v) is 3.67. The predicted molar refractivity (Wildman–Crippen MR) is 140 cm³/mol. The van der Waals surface area contributed by atoms with Crippen molar-refractivity contribution >= 4 is 36.1 Å². The monoisotopic (exact) mass is 488 g/mol. The number of benzene rings is 1.